The molecule has 2 aromatic rings. The molecule has 5 nitrogen and oxygen atoms in total. The molecule has 0 spiro atoms. The zero-order valence-electron chi connectivity index (χ0n) is 15.4. The molecule has 0 N–H and O–H groups in total. The number of ketones is 1. The van der Waals surface area contributed by atoms with Crippen LogP contribution in [0.15, 0.2) is 30.3 Å². The average Bonchev–Trinajstić information content (AvgIpc) is 3.34. The second kappa shape index (κ2) is 8.76. The van der Waals surface area contributed by atoms with Crippen molar-refractivity contribution in [2.45, 2.75) is 31.7 Å². The largest absolute Gasteiger partial charge is 0.493 e. The SMILES string of the molecule is COc1ccc([C@@H]2CCCN2C(=O)CCC(=O)c2ccc(Cl)s2)cc1OC. The van der Waals surface area contributed by atoms with E-state index in [0.29, 0.717) is 27.3 Å². The molecule has 1 saturated heterocycles. The Labute approximate surface area is 167 Å². The van der Waals surface area contributed by atoms with Gasteiger partial charge in [0.1, 0.15) is 0 Å². The van der Waals surface area contributed by atoms with Crippen molar-refractivity contribution < 1.29 is 19.1 Å². The number of rotatable bonds is 7. The molecule has 0 unspecified atom stereocenters. The Morgan fingerprint density at radius 3 is 2.59 bits per heavy atom. The highest BCUT2D eigenvalue weighted by Crippen LogP contribution is 2.37. The first-order valence-corrected chi connectivity index (χ1v) is 10.0. The lowest BCUT2D eigenvalue weighted by atomic mass is 10.0. The Hall–Kier alpha value is -2.05. The van der Waals surface area contributed by atoms with Gasteiger partial charge >= 0.3 is 0 Å². The van der Waals surface area contributed by atoms with E-state index in [1.54, 1.807) is 26.4 Å². The zero-order valence-corrected chi connectivity index (χ0v) is 16.9. The Morgan fingerprint density at radius 2 is 1.93 bits per heavy atom. The average molecular weight is 408 g/mol. The van der Waals surface area contributed by atoms with Crippen LogP contribution in [0.4, 0.5) is 0 Å². The molecule has 3 rings (SSSR count). The number of halogens is 1. The van der Waals surface area contributed by atoms with Crippen LogP contribution in [-0.4, -0.2) is 37.4 Å². The summed E-state index contributed by atoms with van der Waals surface area (Å²) in [6.07, 6.45) is 2.25. The molecule has 2 heterocycles. The van der Waals surface area contributed by atoms with Gasteiger partial charge in [0.25, 0.3) is 0 Å². The number of Topliss-reactive ketones (excluding diaryl/α,β-unsaturated/α-hetero) is 1. The van der Waals surface area contributed by atoms with Crippen LogP contribution in [0.5, 0.6) is 11.5 Å². The highest BCUT2D eigenvalue weighted by molar-refractivity contribution is 7.18. The van der Waals surface area contributed by atoms with E-state index >= 15 is 0 Å². The summed E-state index contributed by atoms with van der Waals surface area (Å²) in [5, 5.41) is 0. The number of carbonyl (C=O) groups is 2. The number of carbonyl (C=O) groups excluding carboxylic acids is 2. The number of thiophene rings is 1. The minimum atomic E-state index is -0.0397. The fourth-order valence-electron chi connectivity index (χ4n) is 3.42. The van der Waals surface area contributed by atoms with Gasteiger partial charge in [0.15, 0.2) is 17.3 Å². The lowest BCUT2D eigenvalue weighted by molar-refractivity contribution is -0.132. The Bertz CT molecular complexity index is 835. The van der Waals surface area contributed by atoms with Crippen molar-refractivity contribution in [2.24, 2.45) is 0 Å². The number of likely N-dealkylation sites (tertiary alicyclic amines) is 1. The molecule has 1 aromatic carbocycles. The molecule has 0 aliphatic carbocycles. The first kappa shape index (κ1) is 19.7. The van der Waals surface area contributed by atoms with E-state index in [-0.39, 0.29) is 30.6 Å². The Kier molecular flexibility index (Phi) is 6.39. The van der Waals surface area contributed by atoms with Crippen LogP contribution in [0.2, 0.25) is 4.34 Å². The van der Waals surface area contributed by atoms with Gasteiger partial charge in [-0.25, -0.2) is 0 Å². The van der Waals surface area contributed by atoms with E-state index in [2.05, 4.69) is 0 Å². The van der Waals surface area contributed by atoms with Gasteiger partial charge in [-0.2, -0.15) is 0 Å². The van der Waals surface area contributed by atoms with Crippen molar-refractivity contribution in [1.82, 2.24) is 4.90 Å². The van der Waals surface area contributed by atoms with E-state index in [9.17, 15) is 9.59 Å². The molecule has 0 radical (unpaired) electrons. The van der Waals surface area contributed by atoms with Gasteiger partial charge in [-0.1, -0.05) is 17.7 Å². The molecule has 1 aliphatic heterocycles. The monoisotopic (exact) mass is 407 g/mol. The van der Waals surface area contributed by atoms with Crippen LogP contribution in [0.3, 0.4) is 0 Å². The molecule has 1 aliphatic rings. The summed E-state index contributed by atoms with van der Waals surface area (Å²) in [6, 6.07) is 9.17. The minimum Gasteiger partial charge on any atom is -0.493 e. The second-order valence-corrected chi connectivity index (χ2v) is 8.10. The van der Waals surface area contributed by atoms with Crippen LogP contribution >= 0.6 is 22.9 Å². The maximum absolute atomic E-state index is 12.7. The lowest BCUT2D eigenvalue weighted by Crippen LogP contribution is -2.30. The van der Waals surface area contributed by atoms with Crippen molar-refractivity contribution >= 4 is 34.6 Å². The van der Waals surface area contributed by atoms with Gasteiger partial charge < -0.3 is 14.4 Å². The van der Waals surface area contributed by atoms with E-state index in [4.69, 9.17) is 21.1 Å². The molecule has 7 heteroatoms. The number of nitrogens with zero attached hydrogens (tertiary/aromatic N) is 1. The van der Waals surface area contributed by atoms with Crippen molar-refractivity contribution in [1.29, 1.82) is 0 Å². The standard InChI is InChI=1S/C20H22ClNO4S/c1-25-16-7-5-13(12-17(16)26-2)14-4-3-11-22(14)20(24)10-6-15(23)18-8-9-19(21)27-18/h5,7-9,12,14H,3-4,6,10-11H2,1-2H3/t14-/m0/s1. The van der Waals surface area contributed by atoms with Gasteiger partial charge in [-0.3, -0.25) is 9.59 Å². The molecular formula is C20H22ClNO4S. The summed E-state index contributed by atoms with van der Waals surface area (Å²) >= 11 is 7.13. The number of hydrogen-bond acceptors (Lipinski definition) is 5. The third-order valence-electron chi connectivity index (χ3n) is 4.78. The minimum absolute atomic E-state index is 0.00304. The molecule has 1 fully saturated rings. The van der Waals surface area contributed by atoms with Crippen LogP contribution in [0, 0.1) is 0 Å². The predicted octanol–water partition coefficient (Wildman–Crippen LogP) is 4.75. The molecule has 0 bridgehead atoms. The molecule has 0 saturated carbocycles. The summed E-state index contributed by atoms with van der Waals surface area (Å²) in [4.78, 5) is 27.4. The lowest BCUT2D eigenvalue weighted by Gasteiger charge is -2.25. The third kappa shape index (κ3) is 4.45. The second-order valence-electron chi connectivity index (χ2n) is 6.39. The number of methoxy groups -OCH3 is 2. The number of hydrogen-bond donors (Lipinski definition) is 0. The predicted molar refractivity (Wildman–Crippen MR) is 106 cm³/mol. The fourth-order valence-corrected chi connectivity index (χ4v) is 4.43. The fraction of sp³-hybridized carbons (Fsp3) is 0.400. The first-order valence-electron chi connectivity index (χ1n) is 8.83. The Morgan fingerprint density at radius 1 is 1.15 bits per heavy atom. The van der Waals surface area contributed by atoms with E-state index in [0.717, 1.165) is 18.4 Å². The van der Waals surface area contributed by atoms with Crippen LogP contribution in [0.25, 0.3) is 0 Å². The van der Waals surface area contributed by atoms with Gasteiger partial charge in [-0.05, 0) is 42.7 Å². The van der Waals surface area contributed by atoms with Crippen LogP contribution in [0.1, 0.15) is 47.0 Å². The van der Waals surface area contributed by atoms with E-state index in [1.807, 2.05) is 23.1 Å². The quantitative estimate of drug-likeness (QED) is 0.622. The van der Waals surface area contributed by atoms with Crippen LogP contribution in [-0.2, 0) is 4.79 Å². The van der Waals surface area contributed by atoms with Crippen molar-refractivity contribution in [3.8, 4) is 11.5 Å². The number of benzene rings is 1. The maximum atomic E-state index is 12.7. The highest BCUT2D eigenvalue weighted by atomic mass is 35.5. The summed E-state index contributed by atoms with van der Waals surface area (Å²) in [5.74, 6) is 1.28. The molecule has 1 aromatic heterocycles. The summed E-state index contributed by atoms with van der Waals surface area (Å²) in [7, 11) is 3.20. The van der Waals surface area contributed by atoms with Crippen molar-refractivity contribution in [3.63, 3.8) is 0 Å². The number of ether oxygens (including phenoxy) is 2. The highest BCUT2D eigenvalue weighted by Gasteiger charge is 2.30. The van der Waals surface area contributed by atoms with Crippen molar-refractivity contribution in [2.75, 3.05) is 20.8 Å². The summed E-state index contributed by atoms with van der Waals surface area (Å²) in [6.45, 7) is 0.705. The maximum Gasteiger partial charge on any atom is 0.223 e. The van der Waals surface area contributed by atoms with Gasteiger partial charge in [0.2, 0.25) is 5.91 Å². The molecule has 27 heavy (non-hydrogen) atoms. The molecule has 1 atom stereocenters. The van der Waals surface area contributed by atoms with Gasteiger partial charge in [0, 0.05) is 19.4 Å². The first-order chi connectivity index (χ1) is 13.0. The Balaban J connectivity index is 1.66. The number of amides is 1. The smallest absolute Gasteiger partial charge is 0.223 e. The van der Waals surface area contributed by atoms with Crippen LogP contribution < -0.4 is 9.47 Å². The molecule has 144 valence electrons. The zero-order chi connectivity index (χ0) is 19.4. The topological polar surface area (TPSA) is 55.8 Å². The van der Waals surface area contributed by atoms with Crippen molar-refractivity contribution in [3.05, 3.63) is 45.1 Å². The normalized spacial score (nSPS) is 16.4. The molecular weight excluding hydrogens is 386 g/mol. The summed E-state index contributed by atoms with van der Waals surface area (Å²) in [5.41, 5.74) is 1.02. The molecule has 1 amide bonds. The van der Waals surface area contributed by atoms with E-state index in [1.165, 1.54) is 11.3 Å². The summed E-state index contributed by atoms with van der Waals surface area (Å²) < 4.78 is 11.2. The van der Waals surface area contributed by atoms with E-state index < -0.39 is 0 Å². The van der Waals surface area contributed by atoms with Gasteiger partial charge in [-0.15, -0.1) is 11.3 Å². The third-order valence-corrected chi connectivity index (χ3v) is 6.05. The van der Waals surface area contributed by atoms with Gasteiger partial charge in [0.05, 0.1) is 29.5 Å².